The predicted molar refractivity (Wildman–Crippen MR) is 46.2 cm³/mol. The van der Waals surface area contributed by atoms with Crippen molar-refractivity contribution in [3.05, 3.63) is 0 Å². The van der Waals surface area contributed by atoms with Crippen LogP contribution in [0.1, 0.15) is 12.8 Å². The fourth-order valence-corrected chi connectivity index (χ4v) is 2.42. The van der Waals surface area contributed by atoms with Crippen molar-refractivity contribution in [3.63, 3.8) is 0 Å². The number of hydrogen-bond acceptors (Lipinski definition) is 3. The third kappa shape index (κ3) is 2.43. The minimum atomic E-state index is -3.05. The quantitative estimate of drug-likeness (QED) is 0.652. The first-order chi connectivity index (χ1) is 5.54. The summed E-state index contributed by atoms with van der Waals surface area (Å²) in [6.07, 6.45) is 3.01. The van der Waals surface area contributed by atoms with Gasteiger partial charge in [0.15, 0.2) is 0 Å². The van der Waals surface area contributed by atoms with Gasteiger partial charge in [-0.05, 0) is 18.8 Å². The van der Waals surface area contributed by atoms with Crippen molar-refractivity contribution in [1.29, 1.82) is 0 Å². The molecule has 1 aliphatic rings. The topological polar surface area (TPSA) is 57.6 Å². The van der Waals surface area contributed by atoms with Crippen molar-refractivity contribution < 1.29 is 13.5 Å². The largest absolute Gasteiger partial charge is 0.396 e. The lowest BCUT2D eigenvalue weighted by Crippen LogP contribution is -2.40. The van der Waals surface area contributed by atoms with Crippen LogP contribution in [0, 0.1) is 5.92 Å². The fraction of sp³-hybridized carbons (Fsp3) is 1.00. The summed E-state index contributed by atoms with van der Waals surface area (Å²) in [4.78, 5) is 0. The highest BCUT2D eigenvalue weighted by Crippen LogP contribution is 2.17. The normalized spacial score (nSPS) is 27.3. The molecule has 4 nitrogen and oxygen atoms in total. The highest BCUT2D eigenvalue weighted by molar-refractivity contribution is 7.88. The second-order valence-electron chi connectivity index (χ2n) is 3.31. The third-order valence-electron chi connectivity index (χ3n) is 2.21. The smallest absolute Gasteiger partial charge is 0.211 e. The molecule has 0 saturated carbocycles. The van der Waals surface area contributed by atoms with E-state index in [1.807, 2.05) is 0 Å². The number of sulfonamides is 1. The van der Waals surface area contributed by atoms with Crippen LogP contribution in [0.5, 0.6) is 0 Å². The van der Waals surface area contributed by atoms with Crippen molar-refractivity contribution in [2.75, 3.05) is 26.0 Å². The molecule has 0 unspecified atom stereocenters. The Balaban J connectivity index is 2.58. The zero-order valence-corrected chi connectivity index (χ0v) is 8.05. The lowest BCUT2D eigenvalue weighted by molar-refractivity contribution is 0.166. The summed E-state index contributed by atoms with van der Waals surface area (Å²) in [6.45, 7) is 1.18. The molecule has 72 valence electrons. The molecule has 0 aromatic heterocycles. The lowest BCUT2D eigenvalue weighted by Gasteiger charge is -2.29. The molecule has 0 radical (unpaired) electrons. The minimum absolute atomic E-state index is 0.0893. The summed E-state index contributed by atoms with van der Waals surface area (Å²) in [5.41, 5.74) is 0. The van der Waals surface area contributed by atoms with Crippen LogP contribution in [-0.4, -0.2) is 43.8 Å². The highest BCUT2D eigenvalue weighted by atomic mass is 32.2. The van der Waals surface area contributed by atoms with Crippen LogP contribution in [0.15, 0.2) is 0 Å². The average molecular weight is 193 g/mol. The Morgan fingerprint density at radius 3 is 2.75 bits per heavy atom. The van der Waals surface area contributed by atoms with E-state index in [4.69, 9.17) is 5.11 Å². The Morgan fingerprint density at radius 1 is 1.58 bits per heavy atom. The lowest BCUT2D eigenvalue weighted by atomic mass is 10.0. The summed E-state index contributed by atoms with van der Waals surface area (Å²) in [5, 5.41) is 8.85. The van der Waals surface area contributed by atoms with Gasteiger partial charge in [0.2, 0.25) is 10.0 Å². The second kappa shape index (κ2) is 3.72. The molecular weight excluding hydrogens is 178 g/mol. The summed E-state index contributed by atoms with van der Waals surface area (Å²) in [7, 11) is -3.05. The maximum Gasteiger partial charge on any atom is 0.211 e. The van der Waals surface area contributed by atoms with Crippen LogP contribution >= 0.6 is 0 Å². The molecule has 1 rings (SSSR count). The van der Waals surface area contributed by atoms with Crippen LogP contribution in [0.25, 0.3) is 0 Å². The molecule has 0 bridgehead atoms. The van der Waals surface area contributed by atoms with Crippen molar-refractivity contribution in [1.82, 2.24) is 4.31 Å². The van der Waals surface area contributed by atoms with Gasteiger partial charge in [0.1, 0.15) is 0 Å². The highest BCUT2D eigenvalue weighted by Gasteiger charge is 2.24. The Hall–Kier alpha value is -0.130. The summed E-state index contributed by atoms with van der Waals surface area (Å²) >= 11 is 0. The van der Waals surface area contributed by atoms with E-state index in [9.17, 15) is 8.42 Å². The van der Waals surface area contributed by atoms with Gasteiger partial charge in [-0.25, -0.2) is 12.7 Å². The fourth-order valence-electron chi connectivity index (χ4n) is 1.48. The van der Waals surface area contributed by atoms with E-state index in [1.54, 1.807) is 0 Å². The molecule has 1 N–H and O–H groups in total. The van der Waals surface area contributed by atoms with Gasteiger partial charge >= 0.3 is 0 Å². The SMILES string of the molecule is CS(=O)(=O)N1CCC[C@H](CO)C1. The number of piperidine rings is 1. The third-order valence-corrected chi connectivity index (χ3v) is 3.48. The Morgan fingerprint density at radius 2 is 2.25 bits per heavy atom. The van der Waals surface area contributed by atoms with Gasteiger partial charge in [-0.2, -0.15) is 0 Å². The van der Waals surface area contributed by atoms with Gasteiger partial charge in [-0.3, -0.25) is 0 Å². The maximum absolute atomic E-state index is 11.1. The molecule has 0 aliphatic carbocycles. The summed E-state index contributed by atoms with van der Waals surface area (Å²) < 4.78 is 23.6. The monoisotopic (exact) mass is 193 g/mol. The summed E-state index contributed by atoms with van der Waals surface area (Å²) in [6, 6.07) is 0. The number of nitrogens with zero attached hydrogens (tertiary/aromatic N) is 1. The standard InChI is InChI=1S/C7H15NO3S/c1-12(10,11)8-4-2-3-7(5-8)6-9/h7,9H,2-6H2,1H3/t7-/m0/s1. The minimum Gasteiger partial charge on any atom is -0.396 e. The molecule has 0 amide bonds. The van der Waals surface area contributed by atoms with Crippen LogP contribution in [0.2, 0.25) is 0 Å². The van der Waals surface area contributed by atoms with Gasteiger partial charge in [0, 0.05) is 19.7 Å². The van der Waals surface area contributed by atoms with E-state index in [1.165, 1.54) is 10.6 Å². The molecule has 1 saturated heterocycles. The number of rotatable bonds is 2. The first-order valence-electron chi connectivity index (χ1n) is 4.10. The molecule has 0 aromatic rings. The first-order valence-corrected chi connectivity index (χ1v) is 5.95. The van der Waals surface area contributed by atoms with Crippen LogP contribution in [-0.2, 0) is 10.0 Å². The zero-order chi connectivity index (χ0) is 9.19. The van der Waals surface area contributed by atoms with Crippen LogP contribution in [0.3, 0.4) is 0 Å². The van der Waals surface area contributed by atoms with Crippen molar-refractivity contribution in [3.8, 4) is 0 Å². The maximum atomic E-state index is 11.1. The molecule has 1 aliphatic heterocycles. The van der Waals surface area contributed by atoms with E-state index in [2.05, 4.69) is 0 Å². The van der Waals surface area contributed by atoms with Crippen LogP contribution < -0.4 is 0 Å². The number of hydrogen-bond donors (Lipinski definition) is 1. The van der Waals surface area contributed by atoms with Gasteiger partial charge in [0.05, 0.1) is 6.26 Å². The van der Waals surface area contributed by atoms with Gasteiger partial charge in [-0.1, -0.05) is 0 Å². The molecule has 5 heteroatoms. The molecule has 0 spiro atoms. The molecule has 12 heavy (non-hydrogen) atoms. The van der Waals surface area contributed by atoms with E-state index in [0.717, 1.165) is 12.8 Å². The van der Waals surface area contributed by atoms with Crippen molar-refractivity contribution in [2.45, 2.75) is 12.8 Å². The Kier molecular flexibility index (Phi) is 3.09. The molecular formula is C7H15NO3S. The number of aliphatic hydroxyl groups is 1. The Bertz CT molecular complexity index is 237. The van der Waals surface area contributed by atoms with Gasteiger partial charge in [-0.15, -0.1) is 0 Å². The number of aliphatic hydroxyl groups excluding tert-OH is 1. The Labute approximate surface area is 73.2 Å². The van der Waals surface area contributed by atoms with E-state index < -0.39 is 10.0 Å². The predicted octanol–water partition coefficient (Wildman–Crippen LogP) is -0.350. The molecule has 1 fully saturated rings. The molecule has 0 aromatic carbocycles. The second-order valence-corrected chi connectivity index (χ2v) is 5.29. The van der Waals surface area contributed by atoms with E-state index in [0.29, 0.717) is 13.1 Å². The molecule has 1 heterocycles. The van der Waals surface area contributed by atoms with Crippen molar-refractivity contribution in [2.24, 2.45) is 5.92 Å². The van der Waals surface area contributed by atoms with Crippen molar-refractivity contribution >= 4 is 10.0 Å². The van der Waals surface area contributed by atoms with E-state index >= 15 is 0 Å². The van der Waals surface area contributed by atoms with Gasteiger partial charge in [0.25, 0.3) is 0 Å². The molecule has 1 atom stereocenters. The first kappa shape index (κ1) is 9.95. The summed E-state index contributed by atoms with van der Waals surface area (Å²) in [5.74, 6) is 0.133. The average Bonchev–Trinajstić information content (AvgIpc) is 2.03. The van der Waals surface area contributed by atoms with Crippen LogP contribution in [0.4, 0.5) is 0 Å². The van der Waals surface area contributed by atoms with E-state index in [-0.39, 0.29) is 12.5 Å². The zero-order valence-electron chi connectivity index (χ0n) is 7.23. The van der Waals surface area contributed by atoms with Gasteiger partial charge < -0.3 is 5.11 Å².